The average Bonchev–Trinajstić information content (AvgIpc) is 3.68. The minimum atomic E-state index is 0.952. The zero-order chi connectivity index (χ0) is 25.5. The standard InChI is InChI=1S/C36H20OS2/c1-3-19-31-21(9-1)27-15-7-17-29(35(27)38-31)25-13-5-11-23-24-12-6-14-26(34(24)37-33(23)25)30-18-8-16-28-22-10-2-4-20-32(22)39-36(28)30/h1-20H. The summed E-state index contributed by atoms with van der Waals surface area (Å²) in [5, 5.41) is 7.55. The molecular formula is C36H20OS2. The summed E-state index contributed by atoms with van der Waals surface area (Å²) in [6.07, 6.45) is 0. The van der Waals surface area contributed by atoms with Crippen molar-refractivity contribution in [2.75, 3.05) is 0 Å². The first-order valence-electron chi connectivity index (χ1n) is 13.1. The van der Waals surface area contributed by atoms with Gasteiger partial charge in [-0.15, -0.1) is 22.7 Å². The minimum Gasteiger partial charge on any atom is -0.455 e. The van der Waals surface area contributed by atoms with Crippen LogP contribution in [0.15, 0.2) is 126 Å². The van der Waals surface area contributed by atoms with Crippen molar-refractivity contribution < 1.29 is 4.42 Å². The summed E-state index contributed by atoms with van der Waals surface area (Å²) in [6, 6.07) is 43.8. The summed E-state index contributed by atoms with van der Waals surface area (Å²) < 4.78 is 12.1. The molecule has 3 heteroatoms. The lowest BCUT2D eigenvalue weighted by Crippen LogP contribution is -1.79. The predicted octanol–water partition coefficient (Wildman–Crippen LogP) is 11.7. The SMILES string of the molecule is c1ccc2c(c1)sc1c(-c3cccc4c3oc3c(-c5cccc6c5sc5ccccc56)cccc34)cccc12. The number of benzene rings is 6. The summed E-state index contributed by atoms with van der Waals surface area (Å²) in [7, 11) is 0. The van der Waals surface area contributed by atoms with Gasteiger partial charge in [-0.3, -0.25) is 0 Å². The van der Waals surface area contributed by atoms with Gasteiger partial charge in [-0.25, -0.2) is 0 Å². The minimum absolute atomic E-state index is 0.952. The van der Waals surface area contributed by atoms with Gasteiger partial charge in [0.05, 0.1) is 0 Å². The Bertz CT molecular complexity index is 2230. The van der Waals surface area contributed by atoms with Crippen LogP contribution < -0.4 is 0 Å². The van der Waals surface area contributed by atoms with Gasteiger partial charge in [-0.2, -0.15) is 0 Å². The Morgan fingerprint density at radius 3 is 1.21 bits per heavy atom. The van der Waals surface area contributed by atoms with Gasteiger partial charge in [0.2, 0.25) is 0 Å². The van der Waals surface area contributed by atoms with Gasteiger partial charge in [0.25, 0.3) is 0 Å². The quantitative estimate of drug-likeness (QED) is 0.216. The molecule has 0 amide bonds. The fourth-order valence-corrected chi connectivity index (χ4v) is 8.62. The highest BCUT2D eigenvalue weighted by Gasteiger charge is 2.19. The molecule has 39 heavy (non-hydrogen) atoms. The van der Waals surface area contributed by atoms with Gasteiger partial charge >= 0.3 is 0 Å². The van der Waals surface area contributed by atoms with Crippen LogP contribution in [0.1, 0.15) is 0 Å². The number of para-hydroxylation sites is 2. The van der Waals surface area contributed by atoms with Crippen LogP contribution in [-0.2, 0) is 0 Å². The van der Waals surface area contributed by atoms with Crippen LogP contribution >= 0.6 is 22.7 Å². The van der Waals surface area contributed by atoms with Crippen LogP contribution in [0.5, 0.6) is 0 Å². The maximum atomic E-state index is 6.88. The van der Waals surface area contributed by atoms with E-state index in [4.69, 9.17) is 4.42 Å². The van der Waals surface area contributed by atoms with E-state index < -0.39 is 0 Å². The Labute approximate surface area is 232 Å². The van der Waals surface area contributed by atoms with E-state index in [2.05, 4.69) is 121 Å². The van der Waals surface area contributed by atoms with Crippen LogP contribution in [-0.4, -0.2) is 0 Å². The molecule has 0 atom stereocenters. The Balaban J connectivity index is 1.34. The third-order valence-electron chi connectivity index (χ3n) is 7.91. The molecule has 0 aliphatic carbocycles. The molecule has 3 aromatic heterocycles. The maximum Gasteiger partial charge on any atom is 0.143 e. The molecule has 0 radical (unpaired) electrons. The molecule has 6 aromatic carbocycles. The molecule has 0 spiro atoms. The number of fused-ring (bicyclic) bond motifs is 9. The highest BCUT2D eigenvalue weighted by molar-refractivity contribution is 7.26. The second-order valence-corrected chi connectivity index (χ2v) is 12.1. The maximum absolute atomic E-state index is 6.88. The van der Waals surface area contributed by atoms with Crippen molar-refractivity contribution in [2.45, 2.75) is 0 Å². The molecule has 1 nitrogen and oxygen atoms in total. The van der Waals surface area contributed by atoms with Gasteiger partial charge in [0.1, 0.15) is 11.2 Å². The summed E-state index contributed by atoms with van der Waals surface area (Å²) in [5.41, 5.74) is 6.65. The first kappa shape index (κ1) is 21.5. The molecular weight excluding hydrogens is 513 g/mol. The van der Waals surface area contributed by atoms with Gasteiger partial charge in [-0.05, 0) is 12.1 Å². The van der Waals surface area contributed by atoms with Crippen molar-refractivity contribution in [1.29, 1.82) is 0 Å². The van der Waals surface area contributed by atoms with E-state index in [0.717, 1.165) is 33.1 Å². The van der Waals surface area contributed by atoms with E-state index in [-0.39, 0.29) is 0 Å². The largest absolute Gasteiger partial charge is 0.455 e. The smallest absolute Gasteiger partial charge is 0.143 e. The monoisotopic (exact) mass is 532 g/mol. The zero-order valence-corrected chi connectivity index (χ0v) is 22.4. The highest BCUT2D eigenvalue weighted by Crippen LogP contribution is 2.46. The van der Waals surface area contributed by atoms with Gasteiger partial charge < -0.3 is 4.42 Å². The third kappa shape index (κ3) is 3.00. The summed E-state index contributed by atoms with van der Waals surface area (Å²) in [6.45, 7) is 0. The van der Waals surface area contributed by atoms with E-state index in [1.54, 1.807) is 0 Å². The second-order valence-electron chi connectivity index (χ2n) is 10.0. The average molecular weight is 533 g/mol. The molecule has 0 N–H and O–H groups in total. The van der Waals surface area contributed by atoms with Crippen LogP contribution in [0.4, 0.5) is 0 Å². The molecule has 9 rings (SSSR count). The number of hydrogen-bond donors (Lipinski definition) is 0. The van der Waals surface area contributed by atoms with Gasteiger partial charge in [0.15, 0.2) is 0 Å². The Morgan fingerprint density at radius 2 is 0.718 bits per heavy atom. The Morgan fingerprint density at radius 1 is 0.333 bits per heavy atom. The van der Waals surface area contributed by atoms with Crippen molar-refractivity contribution in [3.63, 3.8) is 0 Å². The Kier molecular flexibility index (Phi) is 4.43. The first-order chi connectivity index (χ1) is 19.3. The number of thiophene rings is 2. The van der Waals surface area contributed by atoms with Crippen molar-refractivity contribution in [1.82, 2.24) is 0 Å². The second kappa shape index (κ2) is 8.03. The molecule has 0 aliphatic heterocycles. The van der Waals surface area contributed by atoms with E-state index in [1.165, 1.54) is 51.5 Å². The number of rotatable bonds is 2. The van der Waals surface area contributed by atoms with Gasteiger partial charge in [0, 0.05) is 73.4 Å². The molecule has 0 aliphatic rings. The Hall–Kier alpha value is -4.44. The summed E-state index contributed by atoms with van der Waals surface area (Å²) in [4.78, 5) is 0. The van der Waals surface area contributed by atoms with Crippen LogP contribution in [0, 0.1) is 0 Å². The molecule has 0 saturated carbocycles. The lowest BCUT2D eigenvalue weighted by molar-refractivity contribution is 0.671. The van der Waals surface area contributed by atoms with Crippen molar-refractivity contribution >= 4 is 85.0 Å². The fourth-order valence-electron chi connectivity index (χ4n) is 6.16. The van der Waals surface area contributed by atoms with Crippen LogP contribution in [0.25, 0.3) is 84.5 Å². The highest BCUT2D eigenvalue weighted by atomic mass is 32.1. The van der Waals surface area contributed by atoms with E-state index in [1.807, 2.05) is 22.7 Å². The molecule has 3 heterocycles. The molecule has 0 saturated heterocycles. The molecule has 182 valence electrons. The fraction of sp³-hybridized carbons (Fsp3) is 0. The van der Waals surface area contributed by atoms with Crippen LogP contribution in [0.3, 0.4) is 0 Å². The van der Waals surface area contributed by atoms with Crippen molar-refractivity contribution in [3.8, 4) is 22.3 Å². The van der Waals surface area contributed by atoms with Crippen molar-refractivity contribution in [3.05, 3.63) is 121 Å². The van der Waals surface area contributed by atoms with E-state index in [9.17, 15) is 0 Å². The van der Waals surface area contributed by atoms with Crippen molar-refractivity contribution in [2.24, 2.45) is 0 Å². The van der Waals surface area contributed by atoms with Gasteiger partial charge in [-0.1, -0.05) is 109 Å². The lowest BCUT2D eigenvalue weighted by atomic mass is 9.98. The first-order valence-corrected chi connectivity index (χ1v) is 14.7. The normalized spacial score (nSPS) is 12.1. The third-order valence-corrected chi connectivity index (χ3v) is 10.4. The zero-order valence-electron chi connectivity index (χ0n) is 20.8. The molecule has 0 unspecified atom stereocenters. The molecule has 0 bridgehead atoms. The van der Waals surface area contributed by atoms with E-state index >= 15 is 0 Å². The summed E-state index contributed by atoms with van der Waals surface area (Å²) >= 11 is 3.72. The number of hydrogen-bond acceptors (Lipinski definition) is 3. The van der Waals surface area contributed by atoms with E-state index in [0.29, 0.717) is 0 Å². The predicted molar refractivity (Wildman–Crippen MR) is 170 cm³/mol. The summed E-state index contributed by atoms with van der Waals surface area (Å²) in [5.74, 6) is 0. The lowest BCUT2D eigenvalue weighted by Gasteiger charge is -2.05. The molecule has 9 aromatic rings. The van der Waals surface area contributed by atoms with Crippen LogP contribution in [0.2, 0.25) is 0 Å². The number of furan rings is 1. The topological polar surface area (TPSA) is 13.1 Å². The molecule has 0 fully saturated rings.